The molecule has 0 saturated carbocycles. The van der Waals surface area contributed by atoms with Gasteiger partial charge in [0.05, 0.1) is 18.1 Å². The number of halogens is 2. The topological polar surface area (TPSA) is 81.9 Å². The highest BCUT2D eigenvalue weighted by atomic mass is 35.5. The highest BCUT2D eigenvalue weighted by molar-refractivity contribution is 7.99. The van der Waals surface area contributed by atoms with E-state index >= 15 is 0 Å². The Bertz CT molecular complexity index is 1320. The third-order valence-corrected chi connectivity index (χ3v) is 7.48. The number of hydrogen-bond acceptors (Lipinski definition) is 7. The maximum Gasteiger partial charge on any atom is 0.236 e. The van der Waals surface area contributed by atoms with Gasteiger partial charge in [0, 0.05) is 34.0 Å². The predicted octanol–water partition coefficient (Wildman–Crippen LogP) is 6.78. The molecule has 0 aliphatic rings. The van der Waals surface area contributed by atoms with Crippen LogP contribution in [-0.4, -0.2) is 38.0 Å². The summed E-state index contributed by atoms with van der Waals surface area (Å²) in [6.07, 6.45) is 1.53. The molecule has 11 heteroatoms. The van der Waals surface area contributed by atoms with E-state index in [0.717, 1.165) is 52.9 Å². The van der Waals surface area contributed by atoms with Gasteiger partial charge >= 0.3 is 0 Å². The number of nitrogens with zero attached hydrogens (tertiary/aromatic N) is 4. The smallest absolute Gasteiger partial charge is 0.236 e. The largest absolute Gasteiger partial charge is 0.493 e. The number of aryl methyl sites for hydroxylation is 2. The van der Waals surface area contributed by atoms with E-state index in [2.05, 4.69) is 20.5 Å². The lowest BCUT2D eigenvalue weighted by Gasteiger charge is -2.10. The zero-order chi connectivity index (χ0) is 25.5. The molecule has 0 radical (unpaired) electrons. The van der Waals surface area contributed by atoms with Crippen molar-refractivity contribution >= 4 is 57.3 Å². The molecule has 4 rings (SSSR count). The fourth-order valence-electron chi connectivity index (χ4n) is 3.49. The van der Waals surface area contributed by atoms with Gasteiger partial charge in [-0.2, -0.15) is 0 Å². The van der Waals surface area contributed by atoms with Gasteiger partial charge in [0.25, 0.3) is 0 Å². The Labute approximate surface area is 228 Å². The maximum absolute atomic E-state index is 12.5. The fourth-order valence-corrected chi connectivity index (χ4v) is 5.40. The first kappa shape index (κ1) is 26.5. The van der Waals surface area contributed by atoms with Crippen molar-refractivity contribution in [2.24, 2.45) is 0 Å². The summed E-state index contributed by atoms with van der Waals surface area (Å²) in [5, 5.41) is 16.0. The van der Waals surface area contributed by atoms with E-state index in [1.54, 1.807) is 0 Å². The summed E-state index contributed by atoms with van der Waals surface area (Å²) in [4.78, 5) is 17.0. The summed E-state index contributed by atoms with van der Waals surface area (Å²) in [6, 6.07) is 13.0. The number of thiazole rings is 1. The van der Waals surface area contributed by atoms with Crippen LogP contribution in [0.5, 0.6) is 5.75 Å². The Kier molecular flexibility index (Phi) is 9.25. The number of ether oxygens (including phenoxy) is 1. The standard InChI is InChI=1S/C25H25Cl2N5O2S2/c1-3-32-22(5-4-12-34-21-11-10-19(27)13-16(21)2)30-31-25(32)36-15-23(33)29-24-28-20(14-35-24)17-6-8-18(26)9-7-17/h6-11,13-14H,3-5,12,15H2,1-2H3,(H,28,29,33). The summed E-state index contributed by atoms with van der Waals surface area (Å²) in [5.41, 5.74) is 2.75. The van der Waals surface area contributed by atoms with Crippen molar-refractivity contribution in [1.29, 1.82) is 0 Å². The molecule has 2 aromatic heterocycles. The van der Waals surface area contributed by atoms with E-state index in [0.29, 0.717) is 21.8 Å². The lowest BCUT2D eigenvalue weighted by Crippen LogP contribution is -2.14. The monoisotopic (exact) mass is 561 g/mol. The normalized spacial score (nSPS) is 11.0. The first-order valence-electron chi connectivity index (χ1n) is 11.4. The van der Waals surface area contributed by atoms with Gasteiger partial charge in [-0.1, -0.05) is 47.1 Å². The summed E-state index contributed by atoms with van der Waals surface area (Å²) in [7, 11) is 0. The highest BCUT2D eigenvalue weighted by Crippen LogP contribution is 2.27. The van der Waals surface area contributed by atoms with Crippen LogP contribution in [0.25, 0.3) is 11.3 Å². The van der Waals surface area contributed by atoms with E-state index in [9.17, 15) is 4.79 Å². The number of nitrogens with one attached hydrogen (secondary N) is 1. The first-order chi connectivity index (χ1) is 17.4. The van der Waals surface area contributed by atoms with Gasteiger partial charge in [-0.25, -0.2) is 4.98 Å². The van der Waals surface area contributed by atoms with Crippen LogP contribution in [-0.2, 0) is 17.8 Å². The zero-order valence-electron chi connectivity index (χ0n) is 19.8. The minimum atomic E-state index is -0.143. The molecule has 0 aliphatic carbocycles. The second-order valence-corrected chi connectivity index (χ2v) is 10.6. The third kappa shape index (κ3) is 7.00. The summed E-state index contributed by atoms with van der Waals surface area (Å²) < 4.78 is 7.91. The molecular weight excluding hydrogens is 537 g/mol. The average molecular weight is 563 g/mol. The molecule has 0 spiro atoms. The van der Waals surface area contributed by atoms with Gasteiger partial charge in [0.15, 0.2) is 10.3 Å². The van der Waals surface area contributed by atoms with Gasteiger partial charge in [-0.3, -0.25) is 4.79 Å². The van der Waals surface area contributed by atoms with Crippen molar-refractivity contribution in [2.75, 3.05) is 17.7 Å². The molecule has 2 heterocycles. The van der Waals surface area contributed by atoms with Gasteiger partial charge < -0.3 is 14.6 Å². The molecule has 0 saturated heterocycles. The van der Waals surface area contributed by atoms with Crippen LogP contribution in [0.2, 0.25) is 10.0 Å². The van der Waals surface area contributed by atoms with Crippen molar-refractivity contribution in [2.45, 2.75) is 38.4 Å². The first-order valence-corrected chi connectivity index (χ1v) is 14.0. The van der Waals surface area contributed by atoms with Crippen LogP contribution in [0.3, 0.4) is 0 Å². The molecule has 0 aliphatic heterocycles. The SMILES string of the molecule is CCn1c(CCCOc2ccc(Cl)cc2C)nnc1SCC(=O)Nc1nc(-c2ccc(Cl)cc2)cs1. The van der Waals surface area contributed by atoms with E-state index in [-0.39, 0.29) is 11.7 Å². The van der Waals surface area contributed by atoms with E-state index in [1.807, 2.05) is 66.3 Å². The number of amides is 1. The molecular formula is C25H25Cl2N5O2S2. The van der Waals surface area contributed by atoms with Gasteiger partial charge in [0.1, 0.15) is 11.6 Å². The van der Waals surface area contributed by atoms with Crippen molar-refractivity contribution in [3.63, 3.8) is 0 Å². The Balaban J connectivity index is 1.26. The fraction of sp³-hybridized carbons (Fsp3) is 0.280. The Morgan fingerprint density at radius 2 is 1.92 bits per heavy atom. The maximum atomic E-state index is 12.5. The average Bonchev–Trinajstić information content (AvgIpc) is 3.48. The molecule has 7 nitrogen and oxygen atoms in total. The molecule has 0 fully saturated rings. The minimum absolute atomic E-state index is 0.143. The second kappa shape index (κ2) is 12.6. The molecule has 1 amide bonds. The molecule has 0 unspecified atom stereocenters. The quantitative estimate of drug-likeness (QED) is 0.160. The molecule has 1 N–H and O–H groups in total. The van der Waals surface area contributed by atoms with E-state index < -0.39 is 0 Å². The second-order valence-electron chi connectivity index (χ2n) is 7.89. The van der Waals surface area contributed by atoms with Gasteiger partial charge in [-0.05, 0) is 56.2 Å². The predicted molar refractivity (Wildman–Crippen MR) is 148 cm³/mol. The molecule has 36 heavy (non-hydrogen) atoms. The van der Waals surface area contributed by atoms with E-state index in [4.69, 9.17) is 27.9 Å². The van der Waals surface area contributed by atoms with Gasteiger partial charge in [-0.15, -0.1) is 21.5 Å². The minimum Gasteiger partial charge on any atom is -0.493 e. The van der Waals surface area contributed by atoms with Crippen molar-refractivity contribution in [1.82, 2.24) is 19.7 Å². The lowest BCUT2D eigenvalue weighted by atomic mass is 10.2. The van der Waals surface area contributed by atoms with Crippen LogP contribution in [0, 0.1) is 6.92 Å². The van der Waals surface area contributed by atoms with Crippen LogP contribution in [0.4, 0.5) is 5.13 Å². The van der Waals surface area contributed by atoms with Gasteiger partial charge in [0.2, 0.25) is 5.91 Å². The number of carbonyl (C=O) groups is 1. The molecule has 0 atom stereocenters. The number of anilines is 1. The van der Waals surface area contributed by atoms with Crippen molar-refractivity contribution in [3.8, 4) is 17.0 Å². The number of aromatic nitrogens is 4. The summed E-state index contributed by atoms with van der Waals surface area (Å²) in [6.45, 7) is 5.30. The Hall–Kier alpha value is -2.59. The Morgan fingerprint density at radius 1 is 1.14 bits per heavy atom. The number of thioether (sulfide) groups is 1. The summed E-state index contributed by atoms with van der Waals surface area (Å²) in [5.74, 6) is 1.78. The third-order valence-electron chi connectivity index (χ3n) is 5.27. The number of hydrogen-bond donors (Lipinski definition) is 1. The van der Waals surface area contributed by atoms with Crippen molar-refractivity contribution in [3.05, 3.63) is 69.3 Å². The lowest BCUT2D eigenvalue weighted by molar-refractivity contribution is -0.113. The number of carbonyl (C=O) groups excluding carboxylic acids is 1. The van der Waals surface area contributed by atoms with E-state index in [1.165, 1.54) is 23.1 Å². The van der Waals surface area contributed by atoms with Crippen LogP contribution in [0.1, 0.15) is 24.7 Å². The zero-order valence-corrected chi connectivity index (χ0v) is 23.0. The van der Waals surface area contributed by atoms with Crippen LogP contribution < -0.4 is 10.1 Å². The Morgan fingerprint density at radius 3 is 2.67 bits per heavy atom. The molecule has 4 aromatic rings. The molecule has 2 aromatic carbocycles. The van der Waals surface area contributed by atoms with Crippen molar-refractivity contribution < 1.29 is 9.53 Å². The van der Waals surface area contributed by atoms with Crippen LogP contribution in [0.15, 0.2) is 53.0 Å². The van der Waals surface area contributed by atoms with Crippen LogP contribution >= 0.6 is 46.3 Å². The number of rotatable bonds is 11. The summed E-state index contributed by atoms with van der Waals surface area (Å²) >= 11 is 14.7. The number of benzene rings is 2. The molecule has 188 valence electrons. The molecule has 0 bridgehead atoms. The highest BCUT2D eigenvalue weighted by Gasteiger charge is 2.14.